The minimum absolute atomic E-state index is 0.0768. The third-order valence-electron chi connectivity index (χ3n) is 8.42. The summed E-state index contributed by atoms with van der Waals surface area (Å²) in [6, 6.07) is 15.6. The molecule has 2 aliphatic heterocycles. The van der Waals surface area contributed by atoms with Crippen LogP contribution in [0, 0.1) is 23.7 Å². The molecule has 0 bridgehead atoms. The maximum absolute atomic E-state index is 13.3. The highest BCUT2D eigenvalue weighted by atomic mass is 16.7. The van der Waals surface area contributed by atoms with Crippen LogP contribution in [0.5, 0.6) is 11.5 Å². The molecule has 4 atom stereocenters. The van der Waals surface area contributed by atoms with Crippen LogP contribution in [-0.4, -0.2) is 42.5 Å². The molecular formula is C28H33NO5. The Labute approximate surface area is 200 Å². The van der Waals surface area contributed by atoms with Crippen LogP contribution in [0.1, 0.15) is 43.2 Å². The number of ether oxygens (including phenoxy) is 3. The van der Waals surface area contributed by atoms with Gasteiger partial charge >= 0.3 is 5.97 Å². The van der Waals surface area contributed by atoms with E-state index in [1.807, 2.05) is 36.4 Å². The molecule has 0 aromatic heterocycles. The van der Waals surface area contributed by atoms with Crippen LogP contribution in [0.2, 0.25) is 0 Å². The second-order valence-corrected chi connectivity index (χ2v) is 10.4. The SMILES string of the molecule is O=C(OCC1[C@H]2CN(Cc3ccc4c(c3)OCO4)C[C@@H]12)C(O)(c1ccccc1)C1CCCCC1. The molecular weight excluding hydrogens is 430 g/mol. The lowest BCUT2D eigenvalue weighted by Gasteiger charge is -2.36. The maximum atomic E-state index is 13.3. The van der Waals surface area contributed by atoms with E-state index >= 15 is 0 Å². The number of aliphatic hydroxyl groups is 1. The van der Waals surface area contributed by atoms with Gasteiger partial charge in [-0.3, -0.25) is 4.90 Å². The molecule has 6 heteroatoms. The third-order valence-corrected chi connectivity index (χ3v) is 8.42. The molecule has 2 unspecified atom stereocenters. The molecule has 3 fully saturated rings. The average Bonchev–Trinajstić information content (AvgIpc) is 3.20. The summed E-state index contributed by atoms with van der Waals surface area (Å²) in [5.41, 5.74) is 0.351. The standard InChI is InChI=1S/C28H33NO5/c30-27(28(31,20-7-3-1-4-8-20)21-9-5-2-6-10-21)32-17-24-22-15-29(16-23(22)24)14-19-11-12-25-26(13-19)34-18-33-25/h1,3-4,7-8,11-13,21-24,31H,2,5-6,9-10,14-18H2/t22-,23+,24?,28?. The fourth-order valence-corrected chi connectivity index (χ4v) is 6.43. The quantitative estimate of drug-likeness (QED) is 0.624. The summed E-state index contributed by atoms with van der Waals surface area (Å²) in [4.78, 5) is 15.8. The molecule has 180 valence electrons. The number of likely N-dealkylation sites (tertiary alicyclic amines) is 1. The number of carbonyl (C=O) groups excluding carboxylic acids is 1. The largest absolute Gasteiger partial charge is 0.463 e. The lowest BCUT2D eigenvalue weighted by atomic mass is 9.73. The summed E-state index contributed by atoms with van der Waals surface area (Å²) in [5, 5.41) is 11.7. The van der Waals surface area contributed by atoms with Crippen molar-refractivity contribution in [2.45, 2.75) is 44.2 Å². The molecule has 1 saturated heterocycles. The molecule has 0 radical (unpaired) electrons. The molecule has 2 saturated carbocycles. The number of rotatable bonds is 7. The molecule has 0 amide bonds. The van der Waals surface area contributed by atoms with Crippen LogP contribution in [0.4, 0.5) is 0 Å². The van der Waals surface area contributed by atoms with Crippen molar-refractivity contribution in [3.05, 3.63) is 59.7 Å². The lowest BCUT2D eigenvalue weighted by molar-refractivity contribution is -0.176. The van der Waals surface area contributed by atoms with Gasteiger partial charge in [0, 0.05) is 31.5 Å². The zero-order chi connectivity index (χ0) is 23.1. The Bertz CT molecular complexity index is 1020. The Kier molecular flexibility index (Phi) is 5.74. The minimum Gasteiger partial charge on any atom is -0.463 e. The van der Waals surface area contributed by atoms with Gasteiger partial charge in [0.15, 0.2) is 17.1 Å². The van der Waals surface area contributed by atoms with E-state index in [-0.39, 0.29) is 5.92 Å². The Morgan fingerprint density at radius 2 is 1.74 bits per heavy atom. The van der Waals surface area contributed by atoms with Crippen LogP contribution in [0.3, 0.4) is 0 Å². The van der Waals surface area contributed by atoms with Crippen molar-refractivity contribution < 1.29 is 24.1 Å². The Morgan fingerprint density at radius 1 is 1.00 bits per heavy atom. The predicted molar refractivity (Wildman–Crippen MR) is 126 cm³/mol. The molecule has 2 aliphatic carbocycles. The van der Waals surface area contributed by atoms with E-state index in [1.54, 1.807) is 0 Å². The molecule has 2 aromatic rings. The summed E-state index contributed by atoms with van der Waals surface area (Å²) in [7, 11) is 0. The van der Waals surface area contributed by atoms with Crippen LogP contribution < -0.4 is 9.47 Å². The van der Waals surface area contributed by atoms with Crippen LogP contribution in [0.25, 0.3) is 0 Å². The maximum Gasteiger partial charge on any atom is 0.343 e. The summed E-state index contributed by atoms with van der Waals surface area (Å²) in [6.45, 7) is 3.65. The van der Waals surface area contributed by atoms with E-state index in [9.17, 15) is 9.90 Å². The highest BCUT2D eigenvalue weighted by Crippen LogP contribution is 2.52. The van der Waals surface area contributed by atoms with Crippen molar-refractivity contribution in [3.8, 4) is 11.5 Å². The first-order valence-corrected chi connectivity index (χ1v) is 12.7. The van der Waals surface area contributed by atoms with Crippen LogP contribution in [0.15, 0.2) is 48.5 Å². The molecule has 0 spiro atoms. The highest BCUT2D eigenvalue weighted by Gasteiger charge is 2.56. The van der Waals surface area contributed by atoms with E-state index in [0.717, 1.165) is 56.8 Å². The van der Waals surface area contributed by atoms with Crippen molar-refractivity contribution >= 4 is 5.97 Å². The average molecular weight is 464 g/mol. The zero-order valence-electron chi connectivity index (χ0n) is 19.5. The summed E-state index contributed by atoms with van der Waals surface area (Å²) < 4.78 is 16.7. The topological polar surface area (TPSA) is 68.2 Å². The molecule has 2 heterocycles. The van der Waals surface area contributed by atoms with Crippen LogP contribution >= 0.6 is 0 Å². The van der Waals surface area contributed by atoms with E-state index < -0.39 is 11.6 Å². The highest BCUT2D eigenvalue weighted by molar-refractivity contribution is 5.81. The van der Waals surface area contributed by atoms with Gasteiger partial charge in [0.2, 0.25) is 6.79 Å². The van der Waals surface area contributed by atoms with Crippen molar-refractivity contribution in [3.63, 3.8) is 0 Å². The minimum atomic E-state index is -1.54. The number of carbonyl (C=O) groups is 1. The molecule has 2 aromatic carbocycles. The molecule has 6 rings (SSSR count). The molecule has 4 aliphatic rings. The van der Waals surface area contributed by atoms with Gasteiger partial charge in [-0.1, -0.05) is 55.7 Å². The van der Waals surface area contributed by atoms with Crippen molar-refractivity contribution in [1.29, 1.82) is 0 Å². The first-order chi connectivity index (χ1) is 16.6. The van der Waals surface area contributed by atoms with Crippen molar-refractivity contribution in [1.82, 2.24) is 4.90 Å². The fourth-order valence-electron chi connectivity index (χ4n) is 6.43. The van der Waals surface area contributed by atoms with E-state index in [2.05, 4.69) is 17.0 Å². The number of benzene rings is 2. The Hall–Kier alpha value is -2.57. The van der Waals surface area contributed by atoms with Crippen molar-refractivity contribution in [2.75, 3.05) is 26.5 Å². The summed E-state index contributed by atoms with van der Waals surface area (Å²) in [6.07, 6.45) is 5.01. The van der Waals surface area contributed by atoms with E-state index in [1.165, 1.54) is 12.0 Å². The Balaban J connectivity index is 1.04. The fraction of sp³-hybridized carbons (Fsp3) is 0.536. The van der Waals surface area contributed by atoms with Gasteiger partial charge in [-0.15, -0.1) is 0 Å². The summed E-state index contributed by atoms with van der Waals surface area (Å²) >= 11 is 0. The predicted octanol–water partition coefficient (Wildman–Crippen LogP) is 4.10. The third kappa shape index (κ3) is 3.97. The number of nitrogens with zero attached hydrogens (tertiary/aromatic N) is 1. The number of hydrogen-bond acceptors (Lipinski definition) is 6. The smallest absolute Gasteiger partial charge is 0.343 e. The van der Waals surface area contributed by atoms with E-state index in [0.29, 0.717) is 36.7 Å². The molecule has 6 nitrogen and oxygen atoms in total. The van der Waals surface area contributed by atoms with Crippen LogP contribution in [-0.2, 0) is 21.7 Å². The van der Waals surface area contributed by atoms with Gasteiger partial charge in [0.1, 0.15) is 0 Å². The van der Waals surface area contributed by atoms with Crippen molar-refractivity contribution in [2.24, 2.45) is 23.7 Å². The van der Waals surface area contributed by atoms with Gasteiger partial charge in [-0.05, 0) is 47.9 Å². The number of hydrogen-bond donors (Lipinski definition) is 1. The second-order valence-electron chi connectivity index (χ2n) is 10.4. The first kappa shape index (κ1) is 21.9. The van der Waals surface area contributed by atoms with Gasteiger partial charge in [0.25, 0.3) is 0 Å². The normalized spacial score (nSPS) is 27.7. The van der Waals surface area contributed by atoms with Gasteiger partial charge in [0.05, 0.1) is 6.61 Å². The number of esters is 1. The lowest BCUT2D eigenvalue weighted by Crippen LogP contribution is -2.45. The number of fused-ring (bicyclic) bond motifs is 2. The summed E-state index contributed by atoms with van der Waals surface area (Å²) in [5.74, 6) is 2.65. The first-order valence-electron chi connectivity index (χ1n) is 12.7. The Morgan fingerprint density at radius 3 is 2.50 bits per heavy atom. The van der Waals surface area contributed by atoms with E-state index in [4.69, 9.17) is 14.2 Å². The second kappa shape index (κ2) is 8.90. The molecule has 34 heavy (non-hydrogen) atoms. The number of piperidine rings is 1. The van der Waals surface area contributed by atoms with Gasteiger partial charge in [-0.25, -0.2) is 4.79 Å². The monoisotopic (exact) mass is 463 g/mol. The van der Waals surface area contributed by atoms with Gasteiger partial charge < -0.3 is 19.3 Å². The molecule has 1 N–H and O–H groups in total. The van der Waals surface area contributed by atoms with Gasteiger partial charge in [-0.2, -0.15) is 0 Å². The zero-order valence-corrected chi connectivity index (χ0v) is 19.5.